The van der Waals surface area contributed by atoms with E-state index < -0.39 is 12.6 Å². The molecule has 64 heavy (non-hydrogen) atoms. The zero-order valence-electron chi connectivity index (χ0n) is 43.8. The molecule has 382 valence electrons. The minimum absolute atomic E-state index is 0.282. The third kappa shape index (κ3) is 40.8. The van der Waals surface area contributed by atoms with Crippen molar-refractivity contribution in [3.63, 3.8) is 0 Å². The van der Waals surface area contributed by atoms with Crippen molar-refractivity contribution in [1.29, 1.82) is 0 Å². The Bertz CT molecular complexity index is 984. The highest BCUT2D eigenvalue weighted by molar-refractivity contribution is 5.76. The lowest BCUT2D eigenvalue weighted by molar-refractivity contribution is -0.267. The van der Waals surface area contributed by atoms with Gasteiger partial charge in [0.05, 0.1) is 26.4 Å². The van der Waals surface area contributed by atoms with Gasteiger partial charge in [0.2, 0.25) is 5.91 Å². The van der Waals surface area contributed by atoms with Gasteiger partial charge in [0.1, 0.15) is 0 Å². The average molecular weight is 911 g/mol. The Balaban J connectivity index is 4.91. The van der Waals surface area contributed by atoms with Crippen molar-refractivity contribution in [3.05, 3.63) is 0 Å². The molecule has 0 aromatic rings. The van der Waals surface area contributed by atoms with Crippen molar-refractivity contribution in [2.75, 3.05) is 53.6 Å². The van der Waals surface area contributed by atoms with E-state index in [1.165, 1.54) is 109 Å². The topological polar surface area (TPSA) is 97.8 Å². The zero-order chi connectivity index (χ0) is 47.1. The van der Waals surface area contributed by atoms with Crippen molar-refractivity contribution in [2.24, 2.45) is 11.8 Å². The molecule has 0 aromatic heterocycles. The second-order valence-electron chi connectivity index (χ2n) is 19.7. The van der Waals surface area contributed by atoms with Crippen LogP contribution in [0.2, 0.25) is 0 Å². The molecule has 0 bridgehead atoms. The van der Waals surface area contributed by atoms with Crippen LogP contribution in [0.15, 0.2) is 0 Å². The van der Waals surface area contributed by atoms with Gasteiger partial charge in [-0.25, -0.2) is 4.79 Å². The number of nitrogens with zero attached hydrogens (tertiary/aromatic N) is 2. The molecular weight excluding hydrogens is 801 g/mol. The van der Waals surface area contributed by atoms with E-state index in [1.807, 2.05) is 0 Å². The molecule has 0 saturated heterocycles. The highest BCUT2D eigenvalue weighted by Crippen LogP contribution is 2.23. The molecule has 0 saturated carbocycles. The first-order valence-corrected chi connectivity index (χ1v) is 27.9. The minimum Gasteiger partial charge on any atom is -0.434 e. The van der Waals surface area contributed by atoms with Crippen molar-refractivity contribution < 1.29 is 33.6 Å². The van der Waals surface area contributed by atoms with Gasteiger partial charge in [-0.3, -0.25) is 4.79 Å². The maximum Gasteiger partial charge on any atom is 0.508 e. The third-order valence-corrected chi connectivity index (χ3v) is 13.1. The first kappa shape index (κ1) is 62.6. The van der Waals surface area contributed by atoms with Gasteiger partial charge in [-0.15, -0.1) is 0 Å². The molecule has 1 amide bonds. The van der Waals surface area contributed by atoms with Gasteiger partial charge in [0, 0.05) is 19.0 Å². The summed E-state index contributed by atoms with van der Waals surface area (Å²) in [6, 6.07) is 0.282. The number of rotatable bonds is 50. The van der Waals surface area contributed by atoms with Crippen LogP contribution in [0.5, 0.6) is 0 Å². The molecule has 9 heteroatoms. The predicted molar refractivity (Wildman–Crippen MR) is 271 cm³/mol. The summed E-state index contributed by atoms with van der Waals surface area (Å²) in [6.07, 6.45) is 40.4. The molecule has 0 heterocycles. The largest absolute Gasteiger partial charge is 0.508 e. The Kier molecular flexibility index (Phi) is 47.0. The number of carbonyl (C=O) groups is 2. The highest BCUT2D eigenvalue weighted by atomic mass is 16.8. The number of aliphatic hydroxyl groups is 1. The molecule has 0 spiro atoms. The second kappa shape index (κ2) is 48.1. The van der Waals surface area contributed by atoms with Gasteiger partial charge in [0.15, 0.2) is 0 Å². The Morgan fingerprint density at radius 2 is 0.875 bits per heavy atom. The van der Waals surface area contributed by atoms with Crippen LogP contribution in [0.4, 0.5) is 4.79 Å². The van der Waals surface area contributed by atoms with Crippen LogP contribution in [-0.2, 0) is 23.7 Å². The summed E-state index contributed by atoms with van der Waals surface area (Å²) in [5.74, 6) is 1.29. The quantitative estimate of drug-likeness (QED) is 0.0366. The number of amides is 1. The summed E-state index contributed by atoms with van der Waals surface area (Å²) < 4.78 is 22.4. The van der Waals surface area contributed by atoms with Crippen LogP contribution in [-0.4, -0.2) is 93.1 Å². The standard InChI is InChI=1S/C55H110N2O7/c1-8-13-18-23-30-40-51(38-17-12-5)49-64-55(60)62-47-35-28-22-26-32-42-52(57(45-36-44-56(6)7)53(58)43-33-24-19-14-9-2)41-31-25-21-27-34-46-61-54(59)63-48-50(37-16-11-4)39-29-20-15-10-3/h50-52,54,59H,8-49H2,1-7H3. The number of unbranched alkanes of at least 4 members (excludes halogenated alkanes) is 21. The Morgan fingerprint density at radius 3 is 1.42 bits per heavy atom. The number of aliphatic hydroxyl groups excluding tert-OH is 1. The van der Waals surface area contributed by atoms with Gasteiger partial charge in [-0.2, -0.15) is 0 Å². The molecule has 0 aliphatic rings. The lowest BCUT2D eigenvalue weighted by atomic mass is 9.96. The summed E-state index contributed by atoms with van der Waals surface area (Å²) >= 11 is 0. The van der Waals surface area contributed by atoms with Gasteiger partial charge < -0.3 is 33.9 Å². The predicted octanol–water partition coefficient (Wildman–Crippen LogP) is 15.6. The number of hydrogen-bond donors (Lipinski definition) is 1. The Labute approximate surface area is 398 Å². The molecule has 0 aromatic carbocycles. The minimum atomic E-state index is -1.13. The first-order chi connectivity index (χ1) is 31.2. The highest BCUT2D eigenvalue weighted by Gasteiger charge is 2.23. The monoisotopic (exact) mass is 911 g/mol. The molecule has 0 aliphatic heterocycles. The number of carbonyl (C=O) groups excluding carboxylic acids is 2. The lowest BCUT2D eigenvalue weighted by Gasteiger charge is -2.33. The summed E-state index contributed by atoms with van der Waals surface area (Å²) in [7, 11) is 4.23. The second-order valence-corrected chi connectivity index (χ2v) is 19.7. The summed E-state index contributed by atoms with van der Waals surface area (Å²) in [6.45, 7) is 13.9. The van der Waals surface area contributed by atoms with E-state index in [4.69, 9.17) is 18.9 Å². The van der Waals surface area contributed by atoms with Crippen LogP contribution in [0.1, 0.15) is 266 Å². The SMILES string of the molecule is CCCCCCCC(=O)N(CCCN(C)C)C(CCCCCCCOC(=O)OCC(CCCC)CCCCCCC)CCCCCCCOC(O)OCC(CCCC)CCCCCC. The summed E-state index contributed by atoms with van der Waals surface area (Å²) in [5, 5.41) is 10.4. The van der Waals surface area contributed by atoms with E-state index >= 15 is 0 Å². The van der Waals surface area contributed by atoms with E-state index in [1.54, 1.807) is 0 Å². The molecule has 4 unspecified atom stereocenters. The van der Waals surface area contributed by atoms with Crippen LogP contribution in [0.25, 0.3) is 0 Å². The summed E-state index contributed by atoms with van der Waals surface area (Å²) in [5.41, 5.74) is 0. The van der Waals surface area contributed by atoms with Gasteiger partial charge in [-0.1, -0.05) is 195 Å². The van der Waals surface area contributed by atoms with Gasteiger partial charge in [0.25, 0.3) is 6.48 Å². The Morgan fingerprint density at radius 1 is 0.438 bits per heavy atom. The zero-order valence-corrected chi connectivity index (χ0v) is 43.8. The normalized spacial score (nSPS) is 13.6. The van der Waals surface area contributed by atoms with Crippen LogP contribution < -0.4 is 0 Å². The molecule has 0 rings (SSSR count). The van der Waals surface area contributed by atoms with E-state index in [9.17, 15) is 14.7 Å². The van der Waals surface area contributed by atoms with Crippen molar-refractivity contribution in [3.8, 4) is 0 Å². The lowest BCUT2D eigenvalue weighted by Crippen LogP contribution is -2.41. The van der Waals surface area contributed by atoms with E-state index in [-0.39, 0.29) is 6.04 Å². The van der Waals surface area contributed by atoms with Crippen molar-refractivity contribution in [1.82, 2.24) is 9.80 Å². The van der Waals surface area contributed by atoms with E-state index in [0.29, 0.717) is 50.6 Å². The fraction of sp³-hybridized carbons (Fsp3) is 0.964. The molecule has 0 fully saturated rings. The maximum absolute atomic E-state index is 13.8. The summed E-state index contributed by atoms with van der Waals surface area (Å²) in [4.78, 5) is 30.7. The average Bonchev–Trinajstić information content (AvgIpc) is 3.28. The fourth-order valence-electron chi connectivity index (χ4n) is 8.91. The van der Waals surface area contributed by atoms with Crippen LogP contribution in [0, 0.1) is 11.8 Å². The molecule has 9 nitrogen and oxygen atoms in total. The first-order valence-electron chi connectivity index (χ1n) is 27.9. The van der Waals surface area contributed by atoms with Crippen molar-refractivity contribution in [2.45, 2.75) is 278 Å². The number of hydrogen-bond acceptors (Lipinski definition) is 8. The van der Waals surface area contributed by atoms with E-state index in [0.717, 1.165) is 129 Å². The van der Waals surface area contributed by atoms with Crippen LogP contribution in [0.3, 0.4) is 0 Å². The smallest absolute Gasteiger partial charge is 0.434 e. The Hall–Kier alpha value is -1.42. The molecular formula is C55H110N2O7. The molecule has 4 atom stereocenters. The fourth-order valence-corrected chi connectivity index (χ4v) is 8.91. The van der Waals surface area contributed by atoms with Gasteiger partial charge >= 0.3 is 6.16 Å². The molecule has 1 N–H and O–H groups in total. The van der Waals surface area contributed by atoms with Gasteiger partial charge in [-0.05, 0) is 96.7 Å². The number of ether oxygens (including phenoxy) is 4. The molecule has 0 aliphatic carbocycles. The third-order valence-electron chi connectivity index (χ3n) is 13.1. The van der Waals surface area contributed by atoms with E-state index in [2.05, 4.69) is 58.5 Å². The molecule has 0 radical (unpaired) electrons. The van der Waals surface area contributed by atoms with Crippen LogP contribution >= 0.6 is 0 Å². The van der Waals surface area contributed by atoms with Crippen molar-refractivity contribution >= 4 is 12.1 Å². The maximum atomic E-state index is 13.8.